The van der Waals surface area contributed by atoms with E-state index in [2.05, 4.69) is 90.3 Å². The second-order valence-corrected chi connectivity index (χ2v) is 7.03. The van der Waals surface area contributed by atoms with Gasteiger partial charge in [0, 0.05) is 22.0 Å². The Morgan fingerprint density at radius 2 is 1.32 bits per heavy atom. The maximum Gasteiger partial charge on any atom is 0.0275 e. The van der Waals surface area contributed by atoms with Crippen LogP contribution in [0.1, 0.15) is 58.2 Å². The fourth-order valence-corrected chi connectivity index (χ4v) is 1.40. The van der Waals surface area contributed by atoms with Crippen LogP contribution < -0.4 is 0 Å². The highest BCUT2D eigenvalue weighted by atomic mass is 14.1. The summed E-state index contributed by atoms with van der Waals surface area (Å²) in [6, 6.07) is 6.24. The van der Waals surface area contributed by atoms with Crippen LogP contribution in [0.2, 0.25) is 0 Å². The third-order valence-corrected chi connectivity index (χ3v) is 2.38. The molecule has 0 heterocycles. The molecule has 0 saturated heterocycles. The Morgan fingerprint density at radius 1 is 0.789 bits per heavy atom. The van der Waals surface area contributed by atoms with Gasteiger partial charge in [-0.2, -0.15) is 0 Å². The number of hydrogen-bond donors (Lipinski definition) is 0. The number of hydrogen-bond acceptors (Lipinski definition) is 0. The van der Waals surface area contributed by atoms with Gasteiger partial charge < -0.3 is 0 Å². The van der Waals surface area contributed by atoms with Crippen LogP contribution in [-0.2, 0) is 0 Å². The Bertz CT molecular complexity index is 567. The first-order chi connectivity index (χ1) is 8.57. The molecule has 0 aliphatic carbocycles. The van der Waals surface area contributed by atoms with E-state index in [0.29, 0.717) is 0 Å². The van der Waals surface area contributed by atoms with Crippen LogP contribution in [0, 0.1) is 41.4 Å². The first kappa shape index (κ1) is 15.4. The zero-order chi connectivity index (χ0) is 14.7. The Kier molecular flexibility index (Phi) is 4.49. The first-order valence-electron chi connectivity index (χ1n) is 6.74. The summed E-state index contributed by atoms with van der Waals surface area (Å²) in [5, 5.41) is 0. The minimum Gasteiger partial charge on any atom is -0.0920 e. The summed E-state index contributed by atoms with van der Waals surface area (Å²) < 4.78 is 0. The maximum atomic E-state index is 3.27. The minimum atomic E-state index is 0.0388. The Labute approximate surface area is 118 Å². The molecule has 0 heteroatoms. The van der Waals surface area contributed by atoms with E-state index >= 15 is 0 Å². The predicted octanol–water partition coefficient (Wildman–Crippen LogP) is 4.79. The van der Waals surface area contributed by atoms with E-state index in [-0.39, 0.29) is 10.8 Å². The molecule has 0 unspecified atom stereocenters. The van der Waals surface area contributed by atoms with Gasteiger partial charge in [0.15, 0.2) is 0 Å². The van der Waals surface area contributed by atoms with Crippen molar-refractivity contribution in [3.63, 3.8) is 0 Å². The number of benzene rings is 1. The fourth-order valence-electron chi connectivity index (χ4n) is 1.40. The molecule has 100 valence electrons. The lowest BCUT2D eigenvalue weighted by Gasteiger charge is -2.08. The van der Waals surface area contributed by atoms with Crippen molar-refractivity contribution in [2.75, 3.05) is 0 Å². The van der Waals surface area contributed by atoms with Gasteiger partial charge in [0.1, 0.15) is 0 Å². The van der Waals surface area contributed by atoms with Crippen molar-refractivity contribution >= 4 is 0 Å². The van der Waals surface area contributed by atoms with Crippen LogP contribution in [0.5, 0.6) is 0 Å². The van der Waals surface area contributed by atoms with E-state index in [4.69, 9.17) is 0 Å². The van der Waals surface area contributed by atoms with Gasteiger partial charge in [0.05, 0.1) is 0 Å². The number of aryl methyl sites for hydroxylation is 1. The summed E-state index contributed by atoms with van der Waals surface area (Å²) >= 11 is 0. The first-order valence-corrected chi connectivity index (χ1v) is 6.74. The fraction of sp³-hybridized carbons (Fsp3) is 0.474. The molecule has 0 radical (unpaired) electrons. The van der Waals surface area contributed by atoms with E-state index in [1.807, 2.05) is 0 Å². The molecule has 0 bridgehead atoms. The van der Waals surface area contributed by atoms with Gasteiger partial charge in [-0.3, -0.25) is 0 Å². The van der Waals surface area contributed by atoms with Gasteiger partial charge in [-0.25, -0.2) is 0 Å². The Hall–Kier alpha value is -1.66. The standard InChI is InChI=1S/C19H24/c1-15-14-16(10-12-18(2,3)4)8-9-17(15)11-13-19(5,6)7/h8-9,14H,1-7H3. The smallest absolute Gasteiger partial charge is 0.0275 e. The average molecular weight is 252 g/mol. The molecule has 0 amide bonds. The SMILES string of the molecule is Cc1cc(C#CC(C)(C)C)ccc1C#CC(C)(C)C. The lowest BCUT2D eigenvalue weighted by molar-refractivity contribution is 0.570. The molecule has 0 aromatic heterocycles. The molecule has 19 heavy (non-hydrogen) atoms. The molecular formula is C19H24. The summed E-state index contributed by atoms with van der Waals surface area (Å²) in [6.45, 7) is 14.8. The normalized spacial score (nSPS) is 11.1. The van der Waals surface area contributed by atoms with E-state index in [1.54, 1.807) is 0 Å². The van der Waals surface area contributed by atoms with E-state index in [0.717, 1.165) is 11.1 Å². The molecule has 0 atom stereocenters. The third-order valence-electron chi connectivity index (χ3n) is 2.38. The predicted molar refractivity (Wildman–Crippen MR) is 83.8 cm³/mol. The zero-order valence-electron chi connectivity index (χ0n) is 13.2. The molecule has 1 aromatic carbocycles. The van der Waals surface area contributed by atoms with Gasteiger partial charge >= 0.3 is 0 Å². The number of rotatable bonds is 0. The molecule has 0 nitrogen and oxygen atoms in total. The largest absolute Gasteiger partial charge is 0.0920 e. The van der Waals surface area contributed by atoms with Crippen LogP contribution in [0.25, 0.3) is 0 Å². The lowest BCUT2D eigenvalue weighted by atomic mass is 9.95. The van der Waals surface area contributed by atoms with Crippen molar-refractivity contribution in [1.29, 1.82) is 0 Å². The third kappa shape index (κ3) is 6.17. The van der Waals surface area contributed by atoms with Gasteiger partial charge in [0.25, 0.3) is 0 Å². The molecule has 0 N–H and O–H groups in total. The average Bonchev–Trinajstić information content (AvgIpc) is 2.22. The van der Waals surface area contributed by atoms with Gasteiger partial charge in [0.2, 0.25) is 0 Å². The molecule has 0 saturated carbocycles. The summed E-state index contributed by atoms with van der Waals surface area (Å²) in [6.07, 6.45) is 0. The Morgan fingerprint density at radius 3 is 1.79 bits per heavy atom. The van der Waals surface area contributed by atoms with Crippen LogP contribution >= 0.6 is 0 Å². The summed E-state index contributed by atoms with van der Waals surface area (Å²) in [4.78, 5) is 0. The minimum absolute atomic E-state index is 0.0388. The van der Waals surface area contributed by atoms with Crippen LogP contribution in [-0.4, -0.2) is 0 Å². The Balaban J connectivity index is 3.04. The highest BCUT2D eigenvalue weighted by Crippen LogP contribution is 2.15. The van der Waals surface area contributed by atoms with Gasteiger partial charge in [-0.05, 0) is 72.2 Å². The van der Waals surface area contributed by atoms with Gasteiger partial charge in [-0.1, -0.05) is 23.7 Å². The summed E-state index contributed by atoms with van der Waals surface area (Å²) in [5.41, 5.74) is 3.43. The van der Waals surface area contributed by atoms with E-state index < -0.39 is 0 Å². The van der Waals surface area contributed by atoms with Crippen molar-refractivity contribution in [3.8, 4) is 23.7 Å². The monoisotopic (exact) mass is 252 g/mol. The molecule has 0 spiro atoms. The quantitative estimate of drug-likeness (QED) is 0.582. The molecule has 0 aliphatic heterocycles. The van der Waals surface area contributed by atoms with E-state index in [1.165, 1.54) is 5.56 Å². The van der Waals surface area contributed by atoms with Crippen LogP contribution in [0.4, 0.5) is 0 Å². The topological polar surface area (TPSA) is 0 Å². The van der Waals surface area contributed by atoms with Gasteiger partial charge in [-0.15, -0.1) is 0 Å². The molecule has 1 aromatic rings. The highest BCUT2D eigenvalue weighted by Gasteiger charge is 2.05. The van der Waals surface area contributed by atoms with Crippen molar-refractivity contribution in [2.24, 2.45) is 10.8 Å². The van der Waals surface area contributed by atoms with Crippen LogP contribution in [0.15, 0.2) is 18.2 Å². The summed E-state index contributed by atoms with van der Waals surface area (Å²) in [5.74, 6) is 13.0. The molecular weight excluding hydrogens is 228 g/mol. The lowest BCUT2D eigenvalue weighted by Crippen LogP contribution is -2.00. The molecule has 0 fully saturated rings. The molecule has 1 rings (SSSR count). The zero-order valence-corrected chi connectivity index (χ0v) is 13.2. The van der Waals surface area contributed by atoms with E-state index in [9.17, 15) is 0 Å². The second-order valence-electron chi connectivity index (χ2n) is 7.03. The molecule has 0 aliphatic rings. The highest BCUT2D eigenvalue weighted by molar-refractivity contribution is 5.47. The van der Waals surface area contributed by atoms with Crippen molar-refractivity contribution in [1.82, 2.24) is 0 Å². The van der Waals surface area contributed by atoms with Crippen molar-refractivity contribution < 1.29 is 0 Å². The second kappa shape index (κ2) is 5.54. The maximum absolute atomic E-state index is 3.27. The van der Waals surface area contributed by atoms with Crippen molar-refractivity contribution in [3.05, 3.63) is 34.9 Å². The van der Waals surface area contributed by atoms with Crippen molar-refractivity contribution in [2.45, 2.75) is 48.5 Å². The van der Waals surface area contributed by atoms with Crippen LogP contribution in [0.3, 0.4) is 0 Å². The summed E-state index contributed by atoms with van der Waals surface area (Å²) in [7, 11) is 0.